The second-order valence-electron chi connectivity index (χ2n) is 16.5. The number of pyridine rings is 1. The van der Waals surface area contributed by atoms with Crippen LogP contribution in [-0.2, 0) is 43.2 Å². The van der Waals surface area contributed by atoms with E-state index in [1.54, 1.807) is 24.3 Å². The fourth-order valence-corrected chi connectivity index (χ4v) is 9.05. The highest BCUT2D eigenvalue weighted by molar-refractivity contribution is 5.95. The number of esters is 1. The molecule has 2 saturated heterocycles. The minimum Gasteiger partial charge on any atom is -0.508 e. The number of aromatic nitrogens is 2. The Bertz CT molecular complexity index is 2050. The van der Waals surface area contributed by atoms with E-state index in [-0.39, 0.29) is 30.3 Å². The normalized spacial score (nSPS) is 25.9. The predicted molar refractivity (Wildman–Crippen MR) is 206 cm³/mol. The number of ether oxygens (including phenoxy) is 3. The number of carbonyl (C=O) groups is 2. The zero-order chi connectivity index (χ0) is 37.7. The van der Waals surface area contributed by atoms with Crippen LogP contribution in [0.3, 0.4) is 0 Å². The van der Waals surface area contributed by atoms with Gasteiger partial charge < -0.3 is 29.2 Å². The maximum absolute atomic E-state index is 14.3. The second-order valence-corrected chi connectivity index (χ2v) is 16.5. The van der Waals surface area contributed by atoms with Crippen LogP contribution >= 0.6 is 0 Å². The van der Waals surface area contributed by atoms with E-state index in [9.17, 15) is 14.7 Å². The number of nitrogens with one attached hydrogen (secondary N) is 2. The summed E-state index contributed by atoms with van der Waals surface area (Å²) in [7, 11) is 1.70. The number of methoxy groups -OCH3 is 1. The van der Waals surface area contributed by atoms with Gasteiger partial charge in [-0.2, -0.15) is 0 Å². The molecule has 5 heterocycles. The SMILES string of the molecule is CCn1c(-c2cccnc2[C@H](C)OC)c2c3cc(ccc31)-c1cc(O)cc(c1)C[C@H](NCC1[C@H]3COC[C@@H]13)C(=O)N1CCC[C@H](N1)C(=O)OCC(C)(C)C2. The molecule has 3 aliphatic heterocycles. The van der Waals surface area contributed by atoms with Gasteiger partial charge in [0.25, 0.3) is 5.91 Å². The summed E-state index contributed by atoms with van der Waals surface area (Å²) in [4.78, 5) is 32.8. The Morgan fingerprint density at radius 3 is 2.70 bits per heavy atom. The highest BCUT2D eigenvalue weighted by atomic mass is 16.5. The molecule has 11 heteroatoms. The zero-order valence-electron chi connectivity index (χ0n) is 32.1. The van der Waals surface area contributed by atoms with E-state index < -0.39 is 17.5 Å². The van der Waals surface area contributed by atoms with Crippen molar-refractivity contribution in [3.63, 3.8) is 0 Å². The van der Waals surface area contributed by atoms with Gasteiger partial charge in [0.1, 0.15) is 11.8 Å². The lowest BCUT2D eigenvalue weighted by Crippen LogP contribution is -2.60. The van der Waals surface area contributed by atoms with Crippen LogP contribution in [0.4, 0.5) is 0 Å². The van der Waals surface area contributed by atoms with E-state index >= 15 is 0 Å². The third-order valence-corrected chi connectivity index (χ3v) is 12.1. The first-order valence-electron chi connectivity index (χ1n) is 19.6. The number of amides is 1. The average Bonchev–Trinajstić information content (AvgIpc) is 3.45. The lowest BCUT2D eigenvalue weighted by Gasteiger charge is -2.36. The monoisotopic (exact) mass is 735 g/mol. The van der Waals surface area contributed by atoms with Crippen LogP contribution < -0.4 is 10.7 Å². The molecule has 6 atom stereocenters. The van der Waals surface area contributed by atoms with E-state index in [2.05, 4.69) is 66.4 Å². The molecule has 8 rings (SSSR count). The summed E-state index contributed by atoms with van der Waals surface area (Å²) in [5.74, 6) is 1.27. The van der Waals surface area contributed by atoms with Crippen molar-refractivity contribution in [3.8, 4) is 28.1 Å². The Labute approximate surface area is 317 Å². The van der Waals surface area contributed by atoms with Crippen molar-refractivity contribution in [2.24, 2.45) is 23.2 Å². The molecule has 4 aromatic rings. The summed E-state index contributed by atoms with van der Waals surface area (Å²) < 4.78 is 19.9. The summed E-state index contributed by atoms with van der Waals surface area (Å²) >= 11 is 0. The summed E-state index contributed by atoms with van der Waals surface area (Å²) in [5.41, 5.74) is 10.7. The van der Waals surface area contributed by atoms with Gasteiger partial charge >= 0.3 is 5.97 Å². The molecule has 1 saturated carbocycles. The van der Waals surface area contributed by atoms with Gasteiger partial charge in [0.2, 0.25) is 0 Å². The average molecular weight is 736 g/mol. The van der Waals surface area contributed by atoms with Crippen molar-refractivity contribution in [3.05, 3.63) is 71.5 Å². The Morgan fingerprint density at radius 1 is 1.11 bits per heavy atom. The maximum Gasteiger partial charge on any atom is 0.324 e. The summed E-state index contributed by atoms with van der Waals surface area (Å²) in [6.45, 7) is 12.1. The van der Waals surface area contributed by atoms with E-state index in [0.717, 1.165) is 69.9 Å². The summed E-state index contributed by atoms with van der Waals surface area (Å²) in [6.07, 6.45) is 3.85. The van der Waals surface area contributed by atoms with E-state index in [4.69, 9.17) is 19.2 Å². The van der Waals surface area contributed by atoms with Crippen LogP contribution in [0.5, 0.6) is 5.75 Å². The zero-order valence-corrected chi connectivity index (χ0v) is 32.1. The molecular formula is C43H53N5O6. The van der Waals surface area contributed by atoms with Gasteiger partial charge in [0, 0.05) is 48.3 Å². The first kappa shape index (κ1) is 36.7. The third-order valence-electron chi connectivity index (χ3n) is 12.1. The Hall–Kier alpha value is -4.29. The Balaban J connectivity index is 1.25. The molecule has 2 aromatic heterocycles. The van der Waals surface area contributed by atoms with Gasteiger partial charge in [0.05, 0.1) is 43.4 Å². The minimum absolute atomic E-state index is 0.113. The molecular weight excluding hydrogens is 683 g/mol. The Morgan fingerprint density at radius 2 is 1.93 bits per heavy atom. The van der Waals surface area contributed by atoms with Gasteiger partial charge in [-0.1, -0.05) is 26.0 Å². The van der Waals surface area contributed by atoms with Crippen molar-refractivity contribution in [1.29, 1.82) is 0 Å². The number of hydrogen-bond donors (Lipinski definition) is 3. The van der Waals surface area contributed by atoms with Gasteiger partial charge in [-0.3, -0.25) is 19.6 Å². The van der Waals surface area contributed by atoms with Crippen molar-refractivity contribution in [1.82, 2.24) is 25.3 Å². The molecule has 2 aromatic carbocycles. The number of rotatable bonds is 7. The van der Waals surface area contributed by atoms with Gasteiger partial charge in [-0.25, -0.2) is 5.43 Å². The third kappa shape index (κ3) is 7.03. The molecule has 6 bridgehead atoms. The molecule has 11 nitrogen and oxygen atoms in total. The quantitative estimate of drug-likeness (QED) is 0.202. The largest absolute Gasteiger partial charge is 0.508 e. The molecule has 3 N–H and O–H groups in total. The number of aromatic hydroxyl groups is 1. The number of carbonyl (C=O) groups excluding carboxylic acids is 2. The van der Waals surface area contributed by atoms with Gasteiger partial charge in [-0.15, -0.1) is 0 Å². The predicted octanol–water partition coefficient (Wildman–Crippen LogP) is 5.82. The number of fused-ring (bicyclic) bond motifs is 7. The number of nitrogens with zero attached hydrogens (tertiary/aromatic N) is 3. The van der Waals surface area contributed by atoms with Crippen LogP contribution in [0, 0.1) is 23.2 Å². The molecule has 3 fully saturated rings. The van der Waals surface area contributed by atoms with Gasteiger partial charge in [-0.05, 0) is 122 Å². The topological polar surface area (TPSA) is 127 Å². The number of benzene rings is 2. The lowest BCUT2D eigenvalue weighted by molar-refractivity contribution is -0.155. The van der Waals surface area contributed by atoms with Crippen LogP contribution in [0.15, 0.2) is 54.7 Å². The fraction of sp³-hybridized carbons (Fsp3) is 0.512. The molecule has 0 radical (unpaired) electrons. The van der Waals surface area contributed by atoms with Crippen LogP contribution in [0.2, 0.25) is 0 Å². The summed E-state index contributed by atoms with van der Waals surface area (Å²) in [6, 6.07) is 15.0. The van der Waals surface area contributed by atoms with Crippen LogP contribution in [0.1, 0.15) is 63.5 Å². The highest BCUT2D eigenvalue weighted by Gasteiger charge is 2.53. The van der Waals surface area contributed by atoms with E-state index in [1.807, 2.05) is 19.2 Å². The van der Waals surface area contributed by atoms with Crippen molar-refractivity contribution >= 4 is 22.8 Å². The van der Waals surface area contributed by atoms with Crippen molar-refractivity contribution < 1.29 is 28.9 Å². The number of phenolic OH excluding ortho intramolecular Hbond substituents is 1. The number of hydrazine groups is 1. The molecule has 1 aliphatic carbocycles. The minimum atomic E-state index is -0.626. The number of hydrogen-bond acceptors (Lipinski definition) is 9. The number of cyclic esters (lactones) is 1. The highest BCUT2D eigenvalue weighted by Crippen LogP contribution is 2.50. The van der Waals surface area contributed by atoms with Crippen molar-refractivity contribution in [2.75, 3.05) is 40.0 Å². The molecule has 0 spiro atoms. The molecule has 1 amide bonds. The molecule has 1 unspecified atom stereocenters. The Kier molecular flexibility index (Phi) is 10.0. The van der Waals surface area contributed by atoms with Gasteiger partial charge in [0.15, 0.2) is 0 Å². The second kappa shape index (κ2) is 14.7. The van der Waals surface area contributed by atoms with Crippen molar-refractivity contribution in [2.45, 2.75) is 78.1 Å². The number of aryl methyl sites for hydroxylation is 1. The first-order valence-corrected chi connectivity index (χ1v) is 19.6. The fourth-order valence-electron chi connectivity index (χ4n) is 9.05. The van der Waals surface area contributed by atoms with Crippen LogP contribution in [-0.4, -0.2) is 83.6 Å². The standard InChI is InChI=1S/C43H53N5O6/c1-6-47-38-12-11-27-19-31(38)32(40(47)30-9-7-13-44-39(30)25(2)52-5)20-43(3,4)24-54-42(51)36-10-8-14-48(46-36)41(50)37(17-26-15-28(27)18-29(49)16-26)45-21-33-34-22-53-23-35(33)34/h7,9,11-13,15-16,18-19,25,33-37,45-46,49H,6,8,10,14,17,20-24H2,1-5H3/t25-,33?,34-,35+,36-,37-/m0/s1. The molecule has 286 valence electrons. The smallest absolute Gasteiger partial charge is 0.324 e. The van der Waals surface area contributed by atoms with Crippen LogP contribution in [0.25, 0.3) is 33.3 Å². The lowest BCUT2D eigenvalue weighted by atomic mass is 9.84. The maximum atomic E-state index is 14.3. The summed E-state index contributed by atoms with van der Waals surface area (Å²) in [5, 5.41) is 17.4. The molecule has 4 aliphatic rings. The first-order chi connectivity index (χ1) is 26.0. The number of phenols is 1. The van der Waals surface area contributed by atoms with E-state index in [0.29, 0.717) is 56.5 Å². The molecule has 54 heavy (non-hydrogen) atoms. The van der Waals surface area contributed by atoms with E-state index in [1.165, 1.54) is 0 Å².